The van der Waals surface area contributed by atoms with Crippen LogP contribution in [0, 0.1) is 11.3 Å². The Kier molecular flexibility index (Phi) is 4.57. The molecule has 1 aliphatic heterocycles. The second-order valence-corrected chi connectivity index (χ2v) is 5.95. The molecule has 3 heterocycles. The van der Waals surface area contributed by atoms with Gasteiger partial charge in [0.15, 0.2) is 5.75 Å². The van der Waals surface area contributed by atoms with Gasteiger partial charge in [-0.15, -0.1) is 0 Å². The molecule has 0 unspecified atom stereocenters. The molecule has 0 atom stereocenters. The third-order valence-electron chi connectivity index (χ3n) is 3.67. The Labute approximate surface area is 142 Å². The second kappa shape index (κ2) is 6.79. The van der Waals surface area contributed by atoms with Crippen LogP contribution < -0.4 is 14.5 Å². The lowest BCUT2D eigenvalue weighted by Crippen LogP contribution is -2.47. The Hall–Kier alpha value is -2.40. The molecule has 118 valence electrons. The van der Waals surface area contributed by atoms with Gasteiger partial charge in [0.25, 0.3) is 0 Å². The van der Waals surface area contributed by atoms with E-state index < -0.39 is 0 Å². The number of piperazine rings is 1. The van der Waals surface area contributed by atoms with Crippen molar-refractivity contribution in [1.29, 1.82) is 5.26 Å². The Bertz CT molecular complexity index is 722. The normalized spacial score (nSPS) is 14.5. The number of aromatic nitrogens is 3. The van der Waals surface area contributed by atoms with E-state index in [1.807, 2.05) is 0 Å². The van der Waals surface area contributed by atoms with Crippen molar-refractivity contribution < 1.29 is 4.74 Å². The molecule has 1 aliphatic rings. The van der Waals surface area contributed by atoms with E-state index in [4.69, 9.17) is 4.74 Å². The maximum atomic E-state index is 9.27. The molecule has 23 heavy (non-hydrogen) atoms. The molecule has 2 aromatic heterocycles. The molecule has 0 N–H and O–H groups in total. The zero-order valence-electron chi connectivity index (χ0n) is 12.6. The second-order valence-electron chi connectivity index (χ2n) is 5.03. The first-order chi connectivity index (χ1) is 11.2. The van der Waals surface area contributed by atoms with Gasteiger partial charge in [0.2, 0.25) is 5.95 Å². The molecule has 0 spiro atoms. The lowest BCUT2D eigenvalue weighted by Gasteiger charge is -2.35. The first kappa shape index (κ1) is 15.5. The standard InChI is InChI=1S/C15H15BrN6O/c1-23-13-9-19-15(20-10-13)22-4-2-21(3-5-22)14-11(7-17)6-12(16)8-18-14/h6,8-10H,2-5H2,1H3. The number of nitrogens with zero attached hydrogens (tertiary/aromatic N) is 6. The fourth-order valence-corrected chi connectivity index (χ4v) is 2.79. The van der Waals surface area contributed by atoms with E-state index >= 15 is 0 Å². The van der Waals surface area contributed by atoms with E-state index in [-0.39, 0.29) is 0 Å². The van der Waals surface area contributed by atoms with Gasteiger partial charge < -0.3 is 14.5 Å². The SMILES string of the molecule is COc1cnc(N2CCN(c3ncc(Br)cc3C#N)CC2)nc1. The maximum Gasteiger partial charge on any atom is 0.225 e. The molecule has 8 heteroatoms. The highest BCUT2D eigenvalue weighted by atomic mass is 79.9. The van der Waals surface area contributed by atoms with Crippen molar-refractivity contribution in [3.63, 3.8) is 0 Å². The molecule has 0 saturated carbocycles. The van der Waals surface area contributed by atoms with Crippen molar-refractivity contribution >= 4 is 27.7 Å². The summed E-state index contributed by atoms with van der Waals surface area (Å²) in [5.74, 6) is 2.06. The van der Waals surface area contributed by atoms with Crippen LogP contribution in [0.2, 0.25) is 0 Å². The van der Waals surface area contributed by atoms with Gasteiger partial charge in [0, 0.05) is 36.8 Å². The molecule has 1 saturated heterocycles. The highest BCUT2D eigenvalue weighted by Gasteiger charge is 2.22. The van der Waals surface area contributed by atoms with Crippen LogP contribution in [0.5, 0.6) is 5.75 Å². The number of nitriles is 1. The topological polar surface area (TPSA) is 78.2 Å². The fourth-order valence-electron chi connectivity index (χ4n) is 2.46. The summed E-state index contributed by atoms with van der Waals surface area (Å²) in [6.45, 7) is 3.07. The minimum atomic E-state index is 0.577. The third kappa shape index (κ3) is 3.35. The van der Waals surface area contributed by atoms with Gasteiger partial charge in [-0.05, 0) is 22.0 Å². The van der Waals surface area contributed by atoms with Gasteiger partial charge in [-0.1, -0.05) is 0 Å². The van der Waals surface area contributed by atoms with Crippen molar-refractivity contribution in [3.8, 4) is 11.8 Å². The maximum absolute atomic E-state index is 9.27. The average molecular weight is 375 g/mol. The third-order valence-corrected chi connectivity index (χ3v) is 4.10. The van der Waals surface area contributed by atoms with E-state index in [0.29, 0.717) is 17.3 Å². The van der Waals surface area contributed by atoms with Crippen LogP contribution in [-0.2, 0) is 0 Å². The Morgan fingerprint density at radius 3 is 2.35 bits per heavy atom. The van der Waals surface area contributed by atoms with Crippen LogP contribution in [0.15, 0.2) is 29.1 Å². The highest BCUT2D eigenvalue weighted by Crippen LogP contribution is 2.23. The fraction of sp³-hybridized carbons (Fsp3) is 0.333. The first-order valence-corrected chi connectivity index (χ1v) is 7.92. The lowest BCUT2D eigenvalue weighted by molar-refractivity contribution is 0.410. The van der Waals surface area contributed by atoms with Gasteiger partial charge >= 0.3 is 0 Å². The highest BCUT2D eigenvalue weighted by molar-refractivity contribution is 9.10. The van der Waals surface area contributed by atoms with Crippen LogP contribution in [0.1, 0.15) is 5.56 Å². The molecule has 1 fully saturated rings. The van der Waals surface area contributed by atoms with E-state index in [9.17, 15) is 5.26 Å². The van der Waals surface area contributed by atoms with Crippen molar-refractivity contribution in [3.05, 3.63) is 34.7 Å². The van der Waals surface area contributed by atoms with Crippen molar-refractivity contribution in [2.45, 2.75) is 0 Å². The number of hydrogen-bond donors (Lipinski definition) is 0. The van der Waals surface area contributed by atoms with E-state index in [2.05, 4.69) is 46.8 Å². The zero-order chi connectivity index (χ0) is 16.2. The predicted molar refractivity (Wildman–Crippen MR) is 89.7 cm³/mol. The molecule has 3 rings (SSSR count). The van der Waals surface area contributed by atoms with Gasteiger partial charge in [-0.2, -0.15) is 5.26 Å². The molecule has 0 aliphatic carbocycles. The number of hydrogen-bond acceptors (Lipinski definition) is 7. The molecule has 0 bridgehead atoms. The quantitative estimate of drug-likeness (QED) is 0.810. The molecular formula is C15H15BrN6O. The molecule has 0 aromatic carbocycles. The lowest BCUT2D eigenvalue weighted by atomic mass is 10.2. The Morgan fingerprint density at radius 2 is 1.74 bits per heavy atom. The number of rotatable bonds is 3. The van der Waals surface area contributed by atoms with Gasteiger partial charge in [0.05, 0.1) is 25.1 Å². The van der Waals surface area contributed by atoms with Crippen LogP contribution in [-0.4, -0.2) is 48.2 Å². The molecule has 0 radical (unpaired) electrons. The summed E-state index contributed by atoms with van der Waals surface area (Å²) in [6.07, 6.45) is 5.05. The summed E-state index contributed by atoms with van der Waals surface area (Å²) in [5.41, 5.74) is 0.577. The van der Waals surface area contributed by atoms with E-state index in [1.54, 1.807) is 31.8 Å². The number of halogens is 1. The van der Waals surface area contributed by atoms with Gasteiger partial charge in [0.1, 0.15) is 11.9 Å². The summed E-state index contributed by atoms with van der Waals surface area (Å²) in [4.78, 5) is 17.2. The molecule has 2 aromatic rings. The minimum absolute atomic E-state index is 0.577. The number of ether oxygens (including phenoxy) is 1. The summed E-state index contributed by atoms with van der Waals surface area (Å²) in [5, 5.41) is 9.27. The Balaban J connectivity index is 1.70. The predicted octanol–water partition coefficient (Wildman–Crippen LogP) is 1.84. The van der Waals surface area contributed by atoms with Crippen LogP contribution >= 0.6 is 15.9 Å². The Morgan fingerprint density at radius 1 is 1.09 bits per heavy atom. The van der Waals surface area contributed by atoms with E-state index in [0.717, 1.165) is 36.5 Å². The van der Waals surface area contributed by atoms with Crippen molar-refractivity contribution in [2.75, 3.05) is 43.1 Å². The monoisotopic (exact) mass is 374 g/mol. The molecular weight excluding hydrogens is 360 g/mol. The minimum Gasteiger partial charge on any atom is -0.494 e. The smallest absolute Gasteiger partial charge is 0.225 e. The summed E-state index contributed by atoms with van der Waals surface area (Å²) >= 11 is 3.35. The summed E-state index contributed by atoms with van der Waals surface area (Å²) in [6, 6.07) is 4.00. The van der Waals surface area contributed by atoms with Crippen LogP contribution in [0.3, 0.4) is 0 Å². The first-order valence-electron chi connectivity index (χ1n) is 7.13. The van der Waals surface area contributed by atoms with Crippen molar-refractivity contribution in [1.82, 2.24) is 15.0 Å². The molecule has 7 nitrogen and oxygen atoms in total. The summed E-state index contributed by atoms with van der Waals surface area (Å²) < 4.78 is 5.88. The van der Waals surface area contributed by atoms with Gasteiger partial charge in [-0.3, -0.25) is 0 Å². The zero-order valence-corrected chi connectivity index (χ0v) is 14.2. The van der Waals surface area contributed by atoms with Crippen LogP contribution in [0.25, 0.3) is 0 Å². The molecule has 0 amide bonds. The summed E-state index contributed by atoms with van der Waals surface area (Å²) in [7, 11) is 1.59. The van der Waals surface area contributed by atoms with Crippen molar-refractivity contribution in [2.24, 2.45) is 0 Å². The number of anilines is 2. The van der Waals surface area contributed by atoms with E-state index in [1.165, 1.54) is 0 Å². The number of pyridine rings is 1. The number of methoxy groups -OCH3 is 1. The largest absolute Gasteiger partial charge is 0.494 e. The average Bonchev–Trinajstić information content (AvgIpc) is 2.62. The van der Waals surface area contributed by atoms with Crippen LogP contribution in [0.4, 0.5) is 11.8 Å². The van der Waals surface area contributed by atoms with Gasteiger partial charge in [-0.25, -0.2) is 15.0 Å².